The molecule has 8 rings (SSSR count). The van der Waals surface area contributed by atoms with Gasteiger partial charge >= 0.3 is 6.09 Å². The summed E-state index contributed by atoms with van der Waals surface area (Å²) >= 11 is 0. The number of ketones is 2. The molecule has 5 aliphatic heterocycles. The minimum Gasteiger partial charge on any atom is -0.493 e. The van der Waals surface area contributed by atoms with Crippen LogP contribution in [0.15, 0.2) is 77.1 Å². The molecule has 30 nitrogen and oxygen atoms in total. The number of carbonyl (C=O) groups is 9. The number of rotatable bonds is 49. The van der Waals surface area contributed by atoms with Gasteiger partial charge < -0.3 is 87.1 Å². The van der Waals surface area contributed by atoms with Crippen LogP contribution in [0.4, 0.5) is 16.2 Å². The number of imide groups is 1. The number of methoxy groups -OCH3 is 2. The van der Waals surface area contributed by atoms with Crippen LogP contribution < -0.4 is 34.5 Å². The van der Waals surface area contributed by atoms with Gasteiger partial charge in [-0.2, -0.15) is 0 Å². The number of aliphatic imine (C=N–C) groups is 1. The first-order valence-corrected chi connectivity index (χ1v) is 38.0. The summed E-state index contributed by atoms with van der Waals surface area (Å²) in [4.78, 5) is 124. The summed E-state index contributed by atoms with van der Waals surface area (Å²) in [5.41, 5.74) is 5.46. The highest BCUT2D eigenvalue weighted by Crippen LogP contribution is 2.43. The molecule has 3 N–H and O–H groups in total. The van der Waals surface area contributed by atoms with E-state index in [4.69, 9.17) is 61.6 Å². The molecule has 1 saturated heterocycles. The zero-order valence-electron chi connectivity index (χ0n) is 65.5. The minimum atomic E-state index is -1.33. The number of fused-ring (bicyclic) bond motifs is 4. The SMILES string of the molecule is CCOC(=O)N1c2cc(OCCCCCOc3cc4c(cc3OC)C(=O)N3C=C(C)C[C@H]3C=N4)c(OC)cc2C(=O)N2C=C(C)C[C@H]2[C@@H]1O.Cc1ccc(CC(=O)[C@H](C)NC(=O)[C@@H](CC(=O)CCOCCOCCOCCOCCOCCOCCOCCOCCNC(=O)CCN2C(=O)CC(C)C2=O)C(C)C)cc1. The molecule has 3 aromatic carbocycles. The molecule has 0 aliphatic carbocycles. The smallest absolute Gasteiger partial charge is 0.416 e. The number of Topliss-reactive ketones (excluding diaryl/α,β-unsaturated/α-hetero) is 2. The van der Waals surface area contributed by atoms with Gasteiger partial charge in [0.2, 0.25) is 23.6 Å². The molecule has 5 aliphatic rings. The number of aliphatic hydroxyl groups excluding tert-OH is 1. The molecule has 6 atom stereocenters. The fourth-order valence-corrected chi connectivity index (χ4v) is 12.5. The maximum atomic E-state index is 13.6. The van der Waals surface area contributed by atoms with Crippen molar-refractivity contribution in [2.45, 2.75) is 144 Å². The molecule has 0 saturated carbocycles. The van der Waals surface area contributed by atoms with E-state index in [2.05, 4.69) is 15.6 Å². The van der Waals surface area contributed by atoms with Gasteiger partial charge in [-0.25, -0.2) is 9.69 Å². The van der Waals surface area contributed by atoms with E-state index >= 15 is 0 Å². The Hall–Kier alpha value is -8.72. The number of aryl methyl sites for hydroxylation is 1. The van der Waals surface area contributed by atoms with Crippen molar-refractivity contribution in [3.63, 3.8) is 0 Å². The van der Waals surface area contributed by atoms with Gasteiger partial charge in [0.05, 0.1) is 180 Å². The third-order valence-electron chi connectivity index (χ3n) is 18.7. The number of hydrogen-bond acceptors (Lipinski definition) is 24. The number of unbranched alkanes of at least 4 members (excludes halogenated alkanes) is 2. The van der Waals surface area contributed by atoms with Gasteiger partial charge in [0.25, 0.3) is 11.8 Å². The number of ether oxygens (including phenoxy) is 13. The Balaban J connectivity index is 0.000000312. The fourth-order valence-electron chi connectivity index (χ4n) is 12.5. The summed E-state index contributed by atoms with van der Waals surface area (Å²) in [7, 11) is 3.02. The molecule has 0 spiro atoms. The number of nitrogens with one attached hydrogen (secondary N) is 2. The number of hydrogen-bond donors (Lipinski definition) is 3. The third kappa shape index (κ3) is 27.6. The zero-order valence-corrected chi connectivity index (χ0v) is 65.5. The molecule has 0 bridgehead atoms. The van der Waals surface area contributed by atoms with E-state index in [-0.39, 0.29) is 128 Å². The molecule has 1 unspecified atom stereocenters. The summed E-state index contributed by atoms with van der Waals surface area (Å²) in [6.45, 7) is 22.3. The van der Waals surface area contributed by atoms with E-state index in [1.54, 1.807) is 57.2 Å². The van der Waals surface area contributed by atoms with Crippen molar-refractivity contribution in [2.75, 3.05) is 158 Å². The summed E-state index contributed by atoms with van der Waals surface area (Å²) in [5, 5.41) is 16.8. The highest BCUT2D eigenvalue weighted by Gasteiger charge is 2.45. The van der Waals surface area contributed by atoms with Gasteiger partial charge in [0.15, 0.2) is 35.0 Å². The van der Waals surface area contributed by atoms with Crippen LogP contribution in [0.3, 0.4) is 0 Å². The molecule has 110 heavy (non-hydrogen) atoms. The second-order valence-electron chi connectivity index (χ2n) is 27.7. The van der Waals surface area contributed by atoms with Crippen LogP contribution >= 0.6 is 0 Å². The van der Waals surface area contributed by atoms with Crippen LogP contribution in [0.25, 0.3) is 0 Å². The maximum Gasteiger partial charge on any atom is 0.416 e. The lowest BCUT2D eigenvalue weighted by atomic mass is 9.88. The monoisotopic (exact) mass is 1540 g/mol. The average Bonchev–Trinajstić information content (AvgIpc) is 1.59. The predicted octanol–water partition coefficient (Wildman–Crippen LogP) is 7.85. The first-order valence-electron chi connectivity index (χ1n) is 38.0. The molecule has 1 fully saturated rings. The van der Waals surface area contributed by atoms with E-state index < -0.39 is 30.3 Å². The lowest BCUT2D eigenvalue weighted by Crippen LogP contribution is -2.50. The Morgan fingerprint density at radius 3 is 1.68 bits per heavy atom. The quantitative estimate of drug-likeness (QED) is 0.0358. The summed E-state index contributed by atoms with van der Waals surface area (Å²) in [6.07, 6.45) is 7.45. The number of likely N-dealkylation sites (tertiary alicyclic amines) is 1. The van der Waals surface area contributed by atoms with Crippen molar-refractivity contribution >= 4 is 70.7 Å². The highest BCUT2D eigenvalue weighted by molar-refractivity contribution is 6.07. The number of benzene rings is 3. The minimum absolute atomic E-state index is 0.0636. The van der Waals surface area contributed by atoms with Crippen molar-refractivity contribution in [2.24, 2.45) is 22.7 Å². The number of anilines is 1. The Kier molecular flexibility index (Phi) is 37.7. The zero-order chi connectivity index (χ0) is 79.5. The molecule has 606 valence electrons. The second-order valence-corrected chi connectivity index (χ2v) is 27.7. The fraction of sp³-hybridized carbons (Fsp3) is 0.600. The van der Waals surface area contributed by atoms with Crippen LogP contribution in [0.5, 0.6) is 23.0 Å². The maximum absolute atomic E-state index is 13.6. The van der Waals surface area contributed by atoms with Gasteiger partial charge in [-0.1, -0.05) is 61.7 Å². The Bertz CT molecular complexity index is 3620. The molecule has 0 aromatic heterocycles. The standard InChI is InChI=1S/C44H71N3O14.C36H42N4O9/c1-33(2)39(43(52)46-36(5)40(49)31-37-8-6-34(3)7-9-37)32-38(48)11-14-54-16-18-56-20-22-58-24-26-60-28-29-61-27-25-59-23-21-57-19-17-55-15-12-45-41(50)10-13-47-42(51)30-35(4)44(47)53;1-6-47-36(44)40-27-17-32(30(46-5)15-25(27)34(42)39-20-22(3)13-28(39)35(40)43)49-11-9-7-8-10-48-31-16-26-24(14-29(31)45-4)33(41)38-19-21(2)12-23(38)18-37-26/h6-9,33,35-36,39H,10-32H2,1-5H3,(H,45,50)(H,46,52);14-20,23,28,35,43H,6-13H2,1-5H3/t35?,36-,39-;23-,28-,35-/m00/s1. The Morgan fingerprint density at radius 2 is 1.14 bits per heavy atom. The molecule has 5 heterocycles. The van der Waals surface area contributed by atoms with E-state index in [9.17, 15) is 48.3 Å². The van der Waals surface area contributed by atoms with Crippen molar-refractivity contribution in [1.82, 2.24) is 25.3 Å². The van der Waals surface area contributed by atoms with Gasteiger partial charge in [-0.15, -0.1) is 0 Å². The molecule has 30 heteroatoms. The lowest BCUT2D eigenvalue weighted by molar-refractivity contribution is -0.139. The van der Waals surface area contributed by atoms with E-state index in [0.717, 1.165) is 44.9 Å². The molecular weight excluding hydrogens is 1430 g/mol. The summed E-state index contributed by atoms with van der Waals surface area (Å²) in [5.74, 6) is -0.854. The van der Waals surface area contributed by atoms with Crippen molar-refractivity contribution < 1.29 is 110 Å². The Labute approximate surface area is 645 Å². The highest BCUT2D eigenvalue weighted by atomic mass is 16.6. The molecule has 7 amide bonds. The van der Waals surface area contributed by atoms with Crippen LogP contribution in [-0.4, -0.2) is 256 Å². The summed E-state index contributed by atoms with van der Waals surface area (Å²) in [6, 6.07) is 12.9. The van der Waals surface area contributed by atoms with Gasteiger partial charge in [0.1, 0.15) is 5.78 Å². The lowest BCUT2D eigenvalue weighted by Gasteiger charge is -2.31. The third-order valence-corrected chi connectivity index (χ3v) is 18.7. The predicted molar refractivity (Wildman–Crippen MR) is 406 cm³/mol. The van der Waals surface area contributed by atoms with Crippen molar-refractivity contribution in [3.05, 3.63) is 94.3 Å². The number of nitrogens with zero attached hydrogens (tertiary/aromatic N) is 5. The summed E-state index contributed by atoms with van der Waals surface area (Å²) < 4.78 is 72.4. The van der Waals surface area contributed by atoms with Crippen LogP contribution in [-0.2, 0) is 77.8 Å². The topological polar surface area (TPSA) is 343 Å². The average molecular weight is 1540 g/mol. The van der Waals surface area contributed by atoms with Gasteiger partial charge in [-0.05, 0) is 90.3 Å². The number of carbonyl (C=O) groups excluding carboxylic acids is 9. The van der Waals surface area contributed by atoms with E-state index in [1.165, 1.54) is 18.1 Å². The van der Waals surface area contributed by atoms with E-state index in [0.29, 0.717) is 172 Å². The Morgan fingerprint density at radius 1 is 0.609 bits per heavy atom. The number of amides is 7. The van der Waals surface area contributed by atoms with Crippen molar-refractivity contribution in [3.8, 4) is 23.0 Å². The van der Waals surface area contributed by atoms with Gasteiger partial charge in [0, 0.05) is 87.8 Å². The molecular formula is C80H113N7O23. The molecule has 0 radical (unpaired) electrons. The van der Waals surface area contributed by atoms with Crippen molar-refractivity contribution in [1.29, 1.82) is 0 Å². The van der Waals surface area contributed by atoms with Crippen LogP contribution in [0.1, 0.15) is 138 Å². The first-order chi connectivity index (χ1) is 53.0. The largest absolute Gasteiger partial charge is 0.493 e. The van der Waals surface area contributed by atoms with E-state index in [1.807, 2.05) is 71.3 Å². The van der Waals surface area contributed by atoms with Gasteiger partial charge in [-0.3, -0.25) is 48.2 Å². The van der Waals surface area contributed by atoms with Crippen LogP contribution in [0, 0.1) is 24.7 Å². The normalized spacial score (nSPS) is 17.6. The first kappa shape index (κ1) is 88.5. The van der Waals surface area contributed by atoms with Crippen LogP contribution in [0.2, 0.25) is 0 Å². The second kappa shape index (κ2) is 46.8. The number of aliphatic hydroxyl groups is 1. The molecule has 3 aromatic rings.